The number of phosphoric acid groups is 1. The van der Waals surface area contributed by atoms with Crippen molar-refractivity contribution in [1.82, 2.24) is 0 Å². The third-order valence-corrected chi connectivity index (χ3v) is 10.1. The molecule has 0 amide bonds. The van der Waals surface area contributed by atoms with Gasteiger partial charge in [-0.2, -0.15) is 0 Å². The van der Waals surface area contributed by atoms with Crippen LogP contribution in [0.1, 0.15) is 20.8 Å². The van der Waals surface area contributed by atoms with E-state index in [1.54, 1.807) is 0 Å². The summed E-state index contributed by atoms with van der Waals surface area (Å²) in [5.41, 5.74) is 0. The van der Waals surface area contributed by atoms with Gasteiger partial charge in [0.05, 0.1) is 0 Å². The first-order valence-corrected chi connectivity index (χ1v) is 10.5. The molecule has 118 valence electrons. The lowest BCUT2D eigenvalue weighted by atomic mass is 10.2. The van der Waals surface area contributed by atoms with Gasteiger partial charge in [-0.05, 0) is 15.4 Å². The molecule has 0 saturated heterocycles. The zero-order valence-corrected chi connectivity index (χ0v) is 14.8. The number of hydrogen-bond acceptors (Lipinski definition) is 2. The zero-order valence-electron chi connectivity index (χ0n) is 12.9. The Kier molecular flexibility index (Phi) is 4.75. The molecule has 2 aromatic rings. The van der Waals surface area contributed by atoms with Crippen molar-refractivity contribution in [2.24, 2.45) is 0 Å². The summed E-state index contributed by atoms with van der Waals surface area (Å²) in [4.78, 5) is 19.1. The van der Waals surface area contributed by atoms with Crippen LogP contribution in [0, 0.1) is 0 Å². The normalized spacial score (nSPS) is 13.1. The van der Waals surface area contributed by atoms with Crippen molar-refractivity contribution in [3.63, 3.8) is 0 Å². The minimum Gasteiger partial charge on any atom is -0.319 e. The molecule has 2 rings (SSSR count). The van der Waals surface area contributed by atoms with Crippen LogP contribution in [0.2, 0.25) is 5.04 Å². The van der Waals surface area contributed by atoms with Crippen molar-refractivity contribution in [3.05, 3.63) is 60.7 Å². The van der Waals surface area contributed by atoms with Crippen LogP contribution >= 0.6 is 7.82 Å². The Labute approximate surface area is 132 Å². The highest BCUT2D eigenvalue weighted by Crippen LogP contribution is 2.47. The molecule has 0 fully saturated rings. The van der Waals surface area contributed by atoms with Gasteiger partial charge in [0, 0.05) is 0 Å². The Morgan fingerprint density at radius 1 is 0.864 bits per heavy atom. The molecular formula is C16H21O4PSi. The van der Waals surface area contributed by atoms with E-state index in [0.29, 0.717) is 0 Å². The van der Waals surface area contributed by atoms with Crippen molar-refractivity contribution in [2.75, 3.05) is 0 Å². The van der Waals surface area contributed by atoms with Crippen LogP contribution in [0.3, 0.4) is 0 Å². The van der Waals surface area contributed by atoms with Gasteiger partial charge in [0.1, 0.15) is 0 Å². The van der Waals surface area contributed by atoms with Gasteiger partial charge in [0.2, 0.25) is 0 Å². The van der Waals surface area contributed by atoms with E-state index in [4.69, 9.17) is 4.21 Å². The van der Waals surface area contributed by atoms with Gasteiger partial charge in [0.15, 0.2) is 0 Å². The van der Waals surface area contributed by atoms with E-state index < -0.39 is 21.2 Å². The highest BCUT2D eigenvalue weighted by atomic mass is 31.2. The minimum absolute atomic E-state index is 0.448. The maximum Gasteiger partial charge on any atom is 0.460 e. The Hall–Kier alpha value is -1.23. The molecule has 0 heterocycles. The molecule has 0 unspecified atom stereocenters. The Balaban J connectivity index is 2.79. The molecule has 0 saturated carbocycles. The molecule has 0 atom stereocenters. The molecule has 0 radical (unpaired) electrons. The minimum atomic E-state index is -4.65. The quantitative estimate of drug-likeness (QED) is 0.665. The fourth-order valence-electron chi connectivity index (χ4n) is 2.80. The number of benzene rings is 2. The summed E-state index contributed by atoms with van der Waals surface area (Å²) in [7, 11) is -7.80. The van der Waals surface area contributed by atoms with E-state index in [-0.39, 0.29) is 0 Å². The number of hydrogen-bond donors (Lipinski definition) is 2. The fourth-order valence-corrected chi connectivity index (χ4v) is 9.55. The van der Waals surface area contributed by atoms with E-state index in [2.05, 4.69) is 0 Å². The van der Waals surface area contributed by atoms with Gasteiger partial charge in [-0.3, -0.25) is 0 Å². The predicted octanol–water partition coefficient (Wildman–Crippen LogP) is 2.66. The topological polar surface area (TPSA) is 66.8 Å². The second-order valence-electron chi connectivity index (χ2n) is 6.25. The highest BCUT2D eigenvalue weighted by Gasteiger charge is 2.53. The summed E-state index contributed by atoms with van der Waals surface area (Å²) >= 11 is 0. The molecule has 0 spiro atoms. The molecule has 2 N–H and O–H groups in total. The van der Waals surface area contributed by atoms with Gasteiger partial charge in [-0.15, -0.1) is 0 Å². The van der Waals surface area contributed by atoms with Crippen LogP contribution in [0.4, 0.5) is 0 Å². The van der Waals surface area contributed by atoms with E-state index in [1.807, 2.05) is 81.4 Å². The summed E-state index contributed by atoms with van der Waals surface area (Å²) in [5, 5.41) is 1.24. The largest absolute Gasteiger partial charge is 0.460 e. The van der Waals surface area contributed by atoms with Gasteiger partial charge < -0.3 is 14.0 Å². The first-order valence-electron chi connectivity index (χ1n) is 7.04. The van der Waals surface area contributed by atoms with Crippen molar-refractivity contribution >= 4 is 26.5 Å². The maximum absolute atomic E-state index is 11.7. The fraction of sp³-hybridized carbons (Fsp3) is 0.250. The average molecular weight is 336 g/mol. The van der Waals surface area contributed by atoms with Crippen LogP contribution < -0.4 is 10.4 Å². The average Bonchev–Trinajstić information content (AvgIpc) is 2.44. The predicted molar refractivity (Wildman–Crippen MR) is 90.8 cm³/mol. The lowest BCUT2D eigenvalue weighted by Gasteiger charge is -2.42. The van der Waals surface area contributed by atoms with E-state index >= 15 is 0 Å². The van der Waals surface area contributed by atoms with Crippen LogP contribution in [0.5, 0.6) is 0 Å². The summed E-state index contributed by atoms with van der Waals surface area (Å²) < 4.78 is 17.3. The smallest absolute Gasteiger partial charge is 0.319 e. The summed E-state index contributed by atoms with van der Waals surface area (Å²) in [5.74, 6) is 0. The van der Waals surface area contributed by atoms with Gasteiger partial charge in [-0.1, -0.05) is 81.4 Å². The number of rotatable bonds is 4. The third kappa shape index (κ3) is 3.40. The van der Waals surface area contributed by atoms with E-state index in [9.17, 15) is 14.4 Å². The molecule has 0 aromatic heterocycles. The molecule has 0 aliphatic rings. The Morgan fingerprint density at radius 3 is 1.50 bits per heavy atom. The van der Waals surface area contributed by atoms with Gasteiger partial charge >= 0.3 is 7.82 Å². The highest BCUT2D eigenvalue weighted by molar-refractivity contribution is 7.49. The standard InChI is InChI=1S/C16H21O4PSi/c1-16(2,3)22(20-21(17,18)19,14-10-6-4-7-11-14)15-12-8-5-9-13-15/h4-13H,1-3H3,(H2,17,18,19). The van der Waals surface area contributed by atoms with Gasteiger partial charge in [0.25, 0.3) is 8.32 Å². The summed E-state index contributed by atoms with van der Waals surface area (Å²) in [6.07, 6.45) is 0. The summed E-state index contributed by atoms with van der Waals surface area (Å²) in [6.45, 7) is 5.90. The molecule has 6 heteroatoms. The molecule has 22 heavy (non-hydrogen) atoms. The van der Waals surface area contributed by atoms with Gasteiger partial charge in [-0.25, -0.2) is 4.57 Å². The molecule has 0 aliphatic carbocycles. The van der Waals surface area contributed by atoms with Crippen LogP contribution in [-0.2, 0) is 8.78 Å². The molecule has 0 bridgehead atoms. The van der Waals surface area contributed by atoms with Crippen LogP contribution in [0.15, 0.2) is 60.7 Å². The monoisotopic (exact) mass is 336 g/mol. The van der Waals surface area contributed by atoms with Crippen LogP contribution in [0.25, 0.3) is 0 Å². The SMILES string of the molecule is CC(C)(C)[Si](OP(=O)(O)O)(c1ccccc1)c1ccccc1. The Morgan fingerprint density at radius 2 is 1.23 bits per heavy atom. The second-order valence-corrected chi connectivity index (χ2v) is 12.0. The maximum atomic E-state index is 11.7. The van der Waals surface area contributed by atoms with Crippen molar-refractivity contribution in [2.45, 2.75) is 25.8 Å². The molecule has 0 aliphatic heterocycles. The van der Waals surface area contributed by atoms with Crippen molar-refractivity contribution in [3.8, 4) is 0 Å². The lowest BCUT2D eigenvalue weighted by molar-refractivity contribution is 0.277. The van der Waals surface area contributed by atoms with Crippen molar-refractivity contribution < 1.29 is 18.6 Å². The van der Waals surface area contributed by atoms with E-state index in [1.165, 1.54) is 0 Å². The second kappa shape index (κ2) is 6.11. The zero-order chi connectivity index (χ0) is 16.4. The van der Waals surface area contributed by atoms with E-state index in [0.717, 1.165) is 10.4 Å². The Bertz CT molecular complexity index is 622. The first-order chi connectivity index (χ1) is 10.2. The molecule has 4 nitrogen and oxygen atoms in total. The third-order valence-electron chi connectivity index (χ3n) is 3.67. The lowest BCUT2D eigenvalue weighted by Crippen LogP contribution is -2.65. The van der Waals surface area contributed by atoms with Crippen LogP contribution in [-0.4, -0.2) is 18.1 Å². The molecular weight excluding hydrogens is 315 g/mol. The van der Waals surface area contributed by atoms with Crippen molar-refractivity contribution in [1.29, 1.82) is 0 Å². The summed E-state index contributed by atoms with van der Waals surface area (Å²) in [6, 6.07) is 18.8. The first kappa shape index (κ1) is 17.1. The molecule has 2 aromatic carbocycles.